The Morgan fingerprint density at radius 2 is 2.31 bits per heavy atom. The number of aromatic nitrogens is 1. The normalized spacial score (nSPS) is 15.6. The molecule has 4 heteroatoms. The number of anilines is 1. The molecule has 1 aromatic rings. The minimum atomic E-state index is -0.973. The zero-order valence-electron chi connectivity index (χ0n) is 9.39. The number of hydrogen-bond donors (Lipinski definition) is 1. The number of carboxylic acids is 1. The lowest BCUT2D eigenvalue weighted by Gasteiger charge is -2.30. The molecule has 0 saturated heterocycles. The van der Waals surface area contributed by atoms with Crippen LogP contribution in [-0.4, -0.2) is 29.7 Å². The van der Waals surface area contributed by atoms with Gasteiger partial charge in [0.1, 0.15) is 5.82 Å². The van der Waals surface area contributed by atoms with Crippen LogP contribution in [0.25, 0.3) is 0 Å². The molecule has 1 heterocycles. The molecule has 2 rings (SSSR count). The van der Waals surface area contributed by atoms with Crippen molar-refractivity contribution in [1.82, 2.24) is 4.98 Å². The molecular weight excluding hydrogens is 204 g/mol. The summed E-state index contributed by atoms with van der Waals surface area (Å²) in [6.45, 7) is 0.968. The molecule has 1 saturated carbocycles. The number of rotatable bonds is 4. The molecule has 16 heavy (non-hydrogen) atoms. The number of pyridine rings is 1. The smallest absolute Gasteiger partial charge is 0.354 e. The lowest BCUT2D eigenvalue weighted by Crippen LogP contribution is -2.30. The Morgan fingerprint density at radius 1 is 1.56 bits per heavy atom. The third-order valence-electron chi connectivity index (χ3n) is 3.10. The van der Waals surface area contributed by atoms with Crippen molar-refractivity contribution in [2.45, 2.75) is 19.3 Å². The second-order valence-corrected chi connectivity index (χ2v) is 4.36. The summed E-state index contributed by atoms with van der Waals surface area (Å²) in [5.41, 5.74) is 0.109. The number of hydrogen-bond acceptors (Lipinski definition) is 3. The highest BCUT2D eigenvalue weighted by molar-refractivity contribution is 5.85. The highest BCUT2D eigenvalue weighted by atomic mass is 16.4. The van der Waals surface area contributed by atoms with Gasteiger partial charge in [-0.2, -0.15) is 0 Å². The first-order chi connectivity index (χ1) is 7.66. The number of aromatic carboxylic acids is 1. The first-order valence-electron chi connectivity index (χ1n) is 5.58. The predicted octanol–water partition coefficient (Wildman–Crippen LogP) is 2.02. The zero-order valence-corrected chi connectivity index (χ0v) is 9.39. The largest absolute Gasteiger partial charge is 0.477 e. The Labute approximate surface area is 94.9 Å². The van der Waals surface area contributed by atoms with E-state index in [1.54, 1.807) is 6.07 Å². The van der Waals surface area contributed by atoms with Crippen LogP contribution in [-0.2, 0) is 0 Å². The van der Waals surface area contributed by atoms with Crippen molar-refractivity contribution < 1.29 is 9.90 Å². The topological polar surface area (TPSA) is 53.4 Å². The Kier molecular flexibility index (Phi) is 3.08. The maximum Gasteiger partial charge on any atom is 0.354 e. The fraction of sp³-hybridized carbons (Fsp3) is 0.500. The van der Waals surface area contributed by atoms with Gasteiger partial charge in [-0.25, -0.2) is 9.78 Å². The van der Waals surface area contributed by atoms with Crippen LogP contribution in [0.3, 0.4) is 0 Å². The van der Waals surface area contributed by atoms with Crippen molar-refractivity contribution in [3.05, 3.63) is 23.9 Å². The first-order valence-corrected chi connectivity index (χ1v) is 5.58. The van der Waals surface area contributed by atoms with E-state index in [-0.39, 0.29) is 5.69 Å². The van der Waals surface area contributed by atoms with Crippen LogP contribution < -0.4 is 4.90 Å². The van der Waals surface area contributed by atoms with Crippen molar-refractivity contribution in [1.29, 1.82) is 0 Å². The fourth-order valence-electron chi connectivity index (χ4n) is 1.91. The molecule has 1 aliphatic carbocycles. The molecule has 1 N–H and O–H groups in total. The van der Waals surface area contributed by atoms with Crippen molar-refractivity contribution in [2.75, 3.05) is 18.5 Å². The second kappa shape index (κ2) is 4.51. The molecule has 0 aliphatic heterocycles. The van der Waals surface area contributed by atoms with Crippen LogP contribution in [0.4, 0.5) is 5.82 Å². The van der Waals surface area contributed by atoms with E-state index in [2.05, 4.69) is 4.98 Å². The highest BCUT2D eigenvalue weighted by Gasteiger charge is 2.19. The van der Waals surface area contributed by atoms with Gasteiger partial charge >= 0.3 is 5.97 Å². The zero-order chi connectivity index (χ0) is 11.5. The van der Waals surface area contributed by atoms with Gasteiger partial charge in [-0.3, -0.25) is 0 Å². The number of carbonyl (C=O) groups is 1. The first kappa shape index (κ1) is 10.9. The molecule has 86 valence electrons. The van der Waals surface area contributed by atoms with Crippen molar-refractivity contribution >= 4 is 11.8 Å². The van der Waals surface area contributed by atoms with Crippen LogP contribution in [0.5, 0.6) is 0 Å². The third-order valence-corrected chi connectivity index (χ3v) is 3.10. The minimum absolute atomic E-state index is 0.109. The summed E-state index contributed by atoms with van der Waals surface area (Å²) in [5.74, 6) is 0.519. The standard InChI is InChI=1S/C12H16N2O2/c1-14(8-9-4-2-5-9)11-7-3-6-10(13-11)12(15)16/h3,6-7,9H,2,4-5,8H2,1H3,(H,15,16). The maximum absolute atomic E-state index is 10.8. The van der Waals surface area contributed by atoms with Crippen LogP contribution >= 0.6 is 0 Å². The molecule has 0 amide bonds. The Balaban J connectivity index is 2.06. The van der Waals surface area contributed by atoms with E-state index < -0.39 is 5.97 Å². The van der Waals surface area contributed by atoms with E-state index in [1.165, 1.54) is 25.3 Å². The highest BCUT2D eigenvalue weighted by Crippen LogP contribution is 2.27. The summed E-state index contributed by atoms with van der Waals surface area (Å²) < 4.78 is 0. The SMILES string of the molecule is CN(CC1CCC1)c1cccc(C(=O)O)n1. The summed E-state index contributed by atoms with van der Waals surface area (Å²) in [6.07, 6.45) is 3.88. The molecule has 1 aromatic heterocycles. The van der Waals surface area contributed by atoms with E-state index in [4.69, 9.17) is 5.11 Å². The van der Waals surface area contributed by atoms with E-state index in [1.807, 2.05) is 18.0 Å². The second-order valence-electron chi connectivity index (χ2n) is 4.36. The predicted molar refractivity (Wildman–Crippen MR) is 61.8 cm³/mol. The van der Waals surface area contributed by atoms with Gasteiger partial charge in [0, 0.05) is 13.6 Å². The summed E-state index contributed by atoms with van der Waals surface area (Å²) in [7, 11) is 1.96. The van der Waals surface area contributed by atoms with E-state index >= 15 is 0 Å². The van der Waals surface area contributed by atoms with E-state index in [0.717, 1.165) is 18.3 Å². The quantitative estimate of drug-likeness (QED) is 0.843. The Morgan fingerprint density at radius 3 is 2.88 bits per heavy atom. The summed E-state index contributed by atoms with van der Waals surface area (Å²) in [4.78, 5) is 16.9. The molecular formula is C12H16N2O2. The van der Waals surface area contributed by atoms with Crippen molar-refractivity contribution in [2.24, 2.45) is 5.92 Å². The number of nitrogens with zero attached hydrogens (tertiary/aromatic N) is 2. The van der Waals surface area contributed by atoms with E-state index in [0.29, 0.717) is 0 Å². The lowest BCUT2D eigenvalue weighted by molar-refractivity contribution is 0.0690. The molecule has 0 spiro atoms. The molecule has 1 aliphatic rings. The van der Waals surface area contributed by atoms with Gasteiger partial charge in [0.05, 0.1) is 0 Å². The lowest BCUT2D eigenvalue weighted by atomic mass is 9.85. The fourth-order valence-corrected chi connectivity index (χ4v) is 1.91. The third kappa shape index (κ3) is 2.32. The number of carboxylic acid groups (broad SMARTS) is 1. The van der Waals surface area contributed by atoms with Crippen LogP contribution in [0.1, 0.15) is 29.8 Å². The molecule has 0 unspecified atom stereocenters. The van der Waals surface area contributed by atoms with Gasteiger partial charge in [0.15, 0.2) is 5.69 Å². The minimum Gasteiger partial charge on any atom is -0.477 e. The van der Waals surface area contributed by atoms with Crippen LogP contribution in [0.15, 0.2) is 18.2 Å². The summed E-state index contributed by atoms with van der Waals surface area (Å²) in [5, 5.41) is 8.85. The maximum atomic E-state index is 10.8. The monoisotopic (exact) mass is 220 g/mol. The average Bonchev–Trinajstić information content (AvgIpc) is 2.23. The van der Waals surface area contributed by atoms with Crippen LogP contribution in [0.2, 0.25) is 0 Å². The molecule has 0 radical (unpaired) electrons. The molecule has 0 atom stereocenters. The molecule has 0 aromatic carbocycles. The molecule has 1 fully saturated rings. The van der Waals surface area contributed by atoms with Gasteiger partial charge in [0.2, 0.25) is 0 Å². The Hall–Kier alpha value is -1.58. The van der Waals surface area contributed by atoms with Gasteiger partial charge < -0.3 is 10.0 Å². The van der Waals surface area contributed by atoms with Crippen molar-refractivity contribution in [3.63, 3.8) is 0 Å². The van der Waals surface area contributed by atoms with Crippen molar-refractivity contribution in [3.8, 4) is 0 Å². The van der Waals surface area contributed by atoms with Gasteiger partial charge in [-0.05, 0) is 30.9 Å². The van der Waals surface area contributed by atoms with Gasteiger partial charge in [-0.15, -0.1) is 0 Å². The molecule has 4 nitrogen and oxygen atoms in total. The summed E-state index contributed by atoms with van der Waals surface area (Å²) in [6, 6.07) is 5.11. The summed E-state index contributed by atoms with van der Waals surface area (Å²) >= 11 is 0. The van der Waals surface area contributed by atoms with E-state index in [9.17, 15) is 4.79 Å². The average molecular weight is 220 g/mol. The van der Waals surface area contributed by atoms with Gasteiger partial charge in [0.25, 0.3) is 0 Å². The van der Waals surface area contributed by atoms with Gasteiger partial charge in [-0.1, -0.05) is 12.5 Å². The Bertz CT molecular complexity index is 388. The van der Waals surface area contributed by atoms with Crippen LogP contribution in [0, 0.1) is 5.92 Å². The molecule has 0 bridgehead atoms.